The van der Waals surface area contributed by atoms with Crippen LogP contribution in [-0.2, 0) is 16.6 Å². The molecule has 3 heterocycles. The molecular formula is C22H25N5O3S2. The topological polar surface area (TPSA) is 88.5 Å². The lowest BCUT2D eigenvalue weighted by Gasteiger charge is -2.29. The lowest BCUT2D eigenvalue weighted by atomic mass is 10.0. The number of hydrogen-bond donors (Lipinski definition) is 2. The minimum absolute atomic E-state index is 0.183. The molecule has 10 heteroatoms. The lowest BCUT2D eigenvalue weighted by molar-refractivity contribution is 0.417. The van der Waals surface area contributed by atoms with E-state index in [1.54, 1.807) is 18.3 Å². The third kappa shape index (κ3) is 4.28. The molecule has 1 saturated heterocycles. The monoisotopic (exact) mass is 471 g/mol. The van der Waals surface area contributed by atoms with Gasteiger partial charge in [-0.1, -0.05) is 6.07 Å². The number of aromatic nitrogens is 2. The maximum absolute atomic E-state index is 11.9. The molecule has 168 valence electrons. The van der Waals surface area contributed by atoms with Gasteiger partial charge in [0.1, 0.15) is 11.8 Å². The van der Waals surface area contributed by atoms with Gasteiger partial charge in [-0.25, -0.2) is 8.42 Å². The molecule has 1 aromatic carbocycles. The Morgan fingerprint density at radius 3 is 2.69 bits per heavy atom. The van der Waals surface area contributed by atoms with Crippen LogP contribution in [0, 0.1) is 0 Å². The number of nitrogens with zero attached hydrogens (tertiary/aromatic N) is 3. The van der Waals surface area contributed by atoms with Gasteiger partial charge in [0.2, 0.25) is 10.0 Å². The number of nitrogens with one attached hydrogen (secondary N) is 2. The summed E-state index contributed by atoms with van der Waals surface area (Å²) < 4.78 is 33.9. The molecule has 4 rings (SSSR count). The van der Waals surface area contributed by atoms with E-state index in [0.717, 1.165) is 29.9 Å². The zero-order valence-electron chi connectivity index (χ0n) is 18.0. The van der Waals surface area contributed by atoms with Crippen LogP contribution < -0.4 is 19.7 Å². The summed E-state index contributed by atoms with van der Waals surface area (Å²) in [5.41, 5.74) is 3.03. The summed E-state index contributed by atoms with van der Waals surface area (Å²) in [4.78, 5) is 6.57. The van der Waals surface area contributed by atoms with E-state index in [0.29, 0.717) is 16.5 Å². The number of benzene rings is 1. The van der Waals surface area contributed by atoms with Gasteiger partial charge in [0.15, 0.2) is 5.11 Å². The normalized spacial score (nSPS) is 18.5. The summed E-state index contributed by atoms with van der Waals surface area (Å²) in [5.74, 6) is 0.423. The highest BCUT2D eigenvalue weighted by molar-refractivity contribution is 7.92. The summed E-state index contributed by atoms with van der Waals surface area (Å²) in [6.45, 7) is 2.89. The standard InChI is InChI=1S/C22H25N5O3S2/c1-4-26-13-7-9-18(26)21-20(16-8-5-6-12-23-16)24-22(31)27(21)15-10-11-19(30-2)17(14-15)25-32(3,28)29/h5-14,20-21,25H,4H2,1-3H3,(H,24,31)/t20-,21-/m1/s1. The van der Waals surface area contributed by atoms with Gasteiger partial charge in [-0.2, -0.15) is 0 Å². The van der Waals surface area contributed by atoms with E-state index in [-0.39, 0.29) is 12.1 Å². The fourth-order valence-electron chi connectivity index (χ4n) is 4.04. The molecule has 2 atom stereocenters. The molecule has 8 nitrogen and oxygen atoms in total. The Hall–Kier alpha value is -3.11. The van der Waals surface area contributed by atoms with Crippen molar-refractivity contribution in [1.82, 2.24) is 14.9 Å². The number of anilines is 2. The van der Waals surface area contributed by atoms with Gasteiger partial charge in [-0.3, -0.25) is 9.71 Å². The van der Waals surface area contributed by atoms with Crippen LogP contribution in [-0.4, -0.2) is 36.4 Å². The molecule has 0 amide bonds. The molecule has 0 aliphatic carbocycles. The van der Waals surface area contributed by atoms with Gasteiger partial charge in [-0.15, -0.1) is 0 Å². The summed E-state index contributed by atoms with van der Waals surface area (Å²) in [5, 5.41) is 3.95. The van der Waals surface area contributed by atoms with Crippen LogP contribution in [0.4, 0.5) is 11.4 Å². The van der Waals surface area contributed by atoms with Crippen molar-refractivity contribution in [3.8, 4) is 5.75 Å². The van der Waals surface area contributed by atoms with Crippen LogP contribution in [0.1, 0.15) is 30.4 Å². The zero-order valence-corrected chi connectivity index (χ0v) is 19.7. The van der Waals surface area contributed by atoms with Crippen molar-refractivity contribution in [3.63, 3.8) is 0 Å². The Labute approximate surface area is 193 Å². The summed E-state index contributed by atoms with van der Waals surface area (Å²) >= 11 is 5.75. The van der Waals surface area contributed by atoms with Gasteiger partial charge in [0.05, 0.1) is 30.8 Å². The summed E-state index contributed by atoms with van der Waals surface area (Å²) in [7, 11) is -2.00. The predicted octanol–water partition coefficient (Wildman–Crippen LogP) is 3.46. The van der Waals surface area contributed by atoms with Gasteiger partial charge < -0.3 is 19.5 Å². The van der Waals surface area contributed by atoms with Crippen LogP contribution >= 0.6 is 12.2 Å². The molecule has 0 saturated carbocycles. The van der Waals surface area contributed by atoms with Crippen LogP contribution in [0.2, 0.25) is 0 Å². The number of sulfonamides is 1. The maximum atomic E-state index is 11.9. The first-order valence-corrected chi connectivity index (χ1v) is 12.4. The van der Waals surface area contributed by atoms with Gasteiger partial charge >= 0.3 is 0 Å². The summed E-state index contributed by atoms with van der Waals surface area (Å²) in [6, 6.07) is 14.9. The molecule has 32 heavy (non-hydrogen) atoms. The van der Waals surface area contributed by atoms with E-state index >= 15 is 0 Å². The first kappa shape index (κ1) is 22.1. The molecule has 0 bridgehead atoms. The Morgan fingerprint density at radius 2 is 2.03 bits per heavy atom. The number of aryl methyl sites for hydroxylation is 1. The summed E-state index contributed by atoms with van der Waals surface area (Å²) in [6.07, 6.45) is 4.91. The third-order valence-corrected chi connectivity index (χ3v) is 6.27. The van der Waals surface area contributed by atoms with Crippen molar-refractivity contribution in [2.45, 2.75) is 25.6 Å². The highest BCUT2D eigenvalue weighted by Crippen LogP contribution is 2.43. The number of pyridine rings is 1. The Morgan fingerprint density at radius 1 is 1.22 bits per heavy atom. The van der Waals surface area contributed by atoms with Gasteiger partial charge in [-0.05, 0) is 61.6 Å². The van der Waals surface area contributed by atoms with Crippen molar-refractivity contribution < 1.29 is 13.2 Å². The second kappa shape index (κ2) is 8.79. The molecular weight excluding hydrogens is 446 g/mol. The van der Waals surface area contributed by atoms with Crippen LogP contribution in [0.15, 0.2) is 60.9 Å². The number of thiocarbonyl (C=S) groups is 1. The number of ether oxygens (including phenoxy) is 1. The molecule has 3 aromatic rings. The molecule has 1 fully saturated rings. The van der Waals surface area contributed by atoms with Crippen molar-refractivity contribution in [2.24, 2.45) is 0 Å². The average Bonchev–Trinajstić information content (AvgIpc) is 3.36. The van der Waals surface area contributed by atoms with Crippen LogP contribution in [0.3, 0.4) is 0 Å². The fraction of sp³-hybridized carbons (Fsp3) is 0.273. The highest BCUT2D eigenvalue weighted by Gasteiger charge is 2.42. The molecule has 0 spiro atoms. The van der Waals surface area contributed by atoms with Gasteiger partial charge in [0, 0.05) is 30.3 Å². The molecule has 0 radical (unpaired) electrons. The number of hydrogen-bond acceptors (Lipinski definition) is 5. The van der Waals surface area contributed by atoms with Crippen molar-refractivity contribution in [3.05, 3.63) is 72.3 Å². The van der Waals surface area contributed by atoms with Crippen molar-refractivity contribution in [1.29, 1.82) is 0 Å². The Kier molecular flexibility index (Phi) is 6.07. The minimum Gasteiger partial charge on any atom is -0.495 e. The third-order valence-electron chi connectivity index (χ3n) is 5.36. The Bertz CT molecular complexity index is 1230. The van der Waals surface area contributed by atoms with E-state index in [1.807, 2.05) is 41.4 Å². The minimum atomic E-state index is -3.50. The first-order valence-electron chi connectivity index (χ1n) is 10.1. The van der Waals surface area contributed by atoms with E-state index in [9.17, 15) is 8.42 Å². The smallest absolute Gasteiger partial charge is 0.229 e. The first-order chi connectivity index (χ1) is 15.3. The van der Waals surface area contributed by atoms with E-state index in [1.165, 1.54) is 7.11 Å². The molecule has 2 aromatic heterocycles. The average molecular weight is 472 g/mol. The number of methoxy groups -OCH3 is 1. The second-order valence-corrected chi connectivity index (χ2v) is 9.61. The zero-order chi connectivity index (χ0) is 22.9. The van der Waals surface area contributed by atoms with E-state index in [2.05, 4.69) is 32.6 Å². The maximum Gasteiger partial charge on any atom is 0.229 e. The largest absolute Gasteiger partial charge is 0.495 e. The lowest BCUT2D eigenvalue weighted by Crippen LogP contribution is -2.30. The van der Waals surface area contributed by atoms with Crippen LogP contribution in [0.5, 0.6) is 5.75 Å². The second-order valence-electron chi connectivity index (χ2n) is 7.47. The van der Waals surface area contributed by atoms with Crippen molar-refractivity contribution >= 4 is 38.7 Å². The molecule has 1 aliphatic rings. The molecule has 1 aliphatic heterocycles. The molecule has 0 unspecified atom stereocenters. The van der Waals surface area contributed by atoms with Crippen LogP contribution in [0.25, 0.3) is 0 Å². The quantitative estimate of drug-likeness (QED) is 0.510. The fourth-order valence-corrected chi connectivity index (χ4v) is 4.95. The molecule has 2 N–H and O–H groups in total. The van der Waals surface area contributed by atoms with E-state index in [4.69, 9.17) is 17.0 Å². The van der Waals surface area contributed by atoms with Gasteiger partial charge in [0.25, 0.3) is 0 Å². The van der Waals surface area contributed by atoms with E-state index < -0.39 is 10.0 Å². The predicted molar refractivity (Wildman–Crippen MR) is 129 cm³/mol. The van der Waals surface area contributed by atoms with Crippen molar-refractivity contribution in [2.75, 3.05) is 23.0 Å². The number of rotatable bonds is 7. The SMILES string of the molecule is CCn1cccc1[C@@H]1[C@@H](c2ccccn2)NC(=S)N1c1ccc(OC)c(NS(C)(=O)=O)c1. The Balaban J connectivity index is 1.85. The highest BCUT2D eigenvalue weighted by atomic mass is 32.2.